The highest BCUT2D eigenvalue weighted by molar-refractivity contribution is 5.91. The molecule has 3 aromatic rings. The standard InChI is InChI=1S/C21H26N6O/c1-25(2)21-17-12-15(6-7-18(17)22-14-23-21)27-10-8-26(9-11-27)13-19-16-4-3-5-20(16)28-24-19/h6-7,12,14H,3-5,8-11,13H2,1-2H3. The van der Waals surface area contributed by atoms with E-state index in [1.165, 1.54) is 17.7 Å². The summed E-state index contributed by atoms with van der Waals surface area (Å²) in [4.78, 5) is 15.8. The van der Waals surface area contributed by atoms with Crippen molar-refractivity contribution < 1.29 is 4.52 Å². The third-order valence-corrected chi connectivity index (χ3v) is 5.91. The summed E-state index contributed by atoms with van der Waals surface area (Å²) in [6, 6.07) is 6.50. The van der Waals surface area contributed by atoms with E-state index in [-0.39, 0.29) is 0 Å². The number of aromatic nitrogens is 3. The lowest BCUT2D eigenvalue weighted by molar-refractivity contribution is 0.240. The minimum Gasteiger partial charge on any atom is -0.369 e. The second-order valence-corrected chi connectivity index (χ2v) is 7.94. The van der Waals surface area contributed by atoms with E-state index in [2.05, 4.69) is 43.1 Å². The van der Waals surface area contributed by atoms with Gasteiger partial charge in [-0.2, -0.15) is 0 Å². The zero-order valence-corrected chi connectivity index (χ0v) is 16.6. The van der Waals surface area contributed by atoms with Crippen molar-refractivity contribution in [1.82, 2.24) is 20.0 Å². The first-order valence-corrected chi connectivity index (χ1v) is 10.0. The summed E-state index contributed by atoms with van der Waals surface area (Å²) in [7, 11) is 4.04. The number of aryl methyl sites for hydroxylation is 1. The third kappa shape index (κ3) is 3.09. The van der Waals surface area contributed by atoms with Crippen molar-refractivity contribution in [1.29, 1.82) is 0 Å². The molecular weight excluding hydrogens is 352 g/mol. The minimum atomic E-state index is 0.906. The van der Waals surface area contributed by atoms with E-state index in [0.29, 0.717) is 0 Å². The average molecular weight is 378 g/mol. The second kappa shape index (κ2) is 7.05. The van der Waals surface area contributed by atoms with E-state index in [1.807, 2.05) is 19.0 Å². The highest BCUT2D eigenvalue weighted by Crippen LogP contribution is 2.28. The van der Waals surface area contributed by atoms with Gasteiger partial charge >= 0.3 is 0 Å². The van der Waals surface area contributed by atoms with Gasteiger partial charge in [0.2, 0.25) is 0 Å². The van der Waals surface area contributed by atoms with Crippen LogP contribution in [0.25, 0.3) is 10.9 Å². The van der Waals surface area contributed by atoms with Crippen molar-refractivity contribution in [2.75, 3.05) is 50.1 Å². The molecule has 0 amide bonds. The molecule has 2 aromatic heterocycles. The zero-order valence-electron chi connectivity index (χ0n) is 16.6. The number of fused-ring (bicyclic) bond motifs is 2. The Hall–Kier alpha value is -2.67. The van der Waals surface area contributed by atoms with E-state index in [1.54, 1.807) is 6.33 Å². The van der Waals surface area contributed by atoms with Crippen LogP contribution in [0.3, 0.4) is 0 Å². The molecule has 0 N–H and O–H groups in total. The summed E-state index contributed by atoms with van der Waals surface area (Å²) in [6.07, 6.45) is 5.02. The van der Waals surface area contributed by atoms with E-state index in [9.17, 15) is 0 Å². The van der Waals surface area contributed by atoms with Gasteiger partial charge in [-0.15, -0.1) is 0 Å². The van der Waals surface area contributed by atoms with E-state index < -0.39 is 0 Å². The largest absolute Gasteiger partial charge is 0.369 e. The molecule has 0 saturated carbocycles. The Labute approximate surface area is 164 Å². The molecule has 1 aliphatic carbocycles. The van der Waals surface area contributed by atoms with Gasteiger partial charge in [0.05, 0.1) is 5.52 Å². The van der Waals surface area contributed by atoms with Crippen LogP contribution in [0.5, 0.6) is 0 Å². The van der Waals surface area contributed by atoms with E-state index >= 15 is 0 Å². The molecule has 146 valence electrons. The van der Waals surface area contributed by atoms with Crippen LogP contribution in [0.15, 0.2) is 29.0 Å². The van der Waals surface area contributed by atoms with Crippen molar-refractivity contribution >= 4 is 22.4 Å². The van der Waals surface area contributed by atoms with Crippen LogP contribution in [0.1, 0.15) is 23.4 Å². The van der Waals surface area contributed by atoms with Gasteiger partial charge < -0.3 is 14.3 Å². The van der Waals surface area contributed by atoms with Crippen molar-refractivity contribution in [3.05, 3.63) is 41.5 Å². The van der Waals surface area contributed by atoms with E-state index in [4.69, 9.17) is 4.52 Å². The molecular formula is C21H26N6O. The van der Waals surface area contributed by atoms with Gasteiger partial charge in [0.25, 0.3) is 0 Å². The third-order valence-electron chi connectivity index (χ3n) is 5.91. The van der Waals surface area contributed by atoms with Crippen LogP contribution in [0, 0.1) is 0 Å². The van der Waals surface area contributed by atoms with Gasteiger partial charge in [-0.1, -0.05) is 5.16 Å². The lowest BCUT2D eigenvalue weighted by atomic mass is 10.1. The quantitative estimate of drug-likeness (QED) is 0.691. The van der Waals surface area contributed by atoms with Gasteiger partial charge in [-0.3, -0.25) is 4.90 Å². The summed E-state index contributed by atoms with van der Waals surface area (Å²) in [5.41, 5.74) is 4.75. The normalized spacial score (nSPS) is 17.3. The van der Waals surface area contributed by atoms with Gasteiger partial charge in [-0.05, 0) is 31.0 Å². The highest BCUT2D eigenvalue weighted by Gasteiger charge is 2.24. The fourth-order valence-corrected chi connectivity index (χ4v) is 4.37. The van der Waals surface area contributed by atoms with Crippen molar-refractivity contribution in [3.63, 3.8) is 0 Å². The molecule has 5 rings (SSSR count). The Balaban J connectivity index is 1.29. The first-order chi connectivity index (χ1) is 13.7. The molecule has 1 saturated heterocycles. The molecule has 7 heteroatoms. The number of piperazine rings is 1. The first kappa shape index (κ1) is 17.4. The van der Waals surface area contributed by atoms with Crippen molar-refractivity contribution in [2.45, 2.75) is 25.8 Å². The number of benzene rings is 1. The molecule has 0 unspecified atom stereocenters. The Morgan fingerprint density at radius 1 is 1.07 bits per heavy atom. The van der Waals surface area contributed by atoms with Crippen LogP contribution < -0.4 is 9.80 Å². The molecule has 0 atom stereocenters. The molecule has 0 radical (unpaired) electrons. The van der Waals surface area contributed by atoms with Crippen LogP contribution in [0.4, 0.5) is 11.5 Å². The summed E-state index contributed by atoms with van der Waals surface area (Å²) in [6.45, 7) is 4.99. The Morgan fingerprint density at radius 3 is 2.75 bits per heavy atom. The summed E-state index contributed by atoms with van der Waals surface area (Å²) >= 11 is 0. The second-order valence-electron chi connectivity index (χ2n) is 7.94. The summed E-state index contributed by atoms with van der Waals surface area (Å²) < 4.78 is 5.51. The first-order valence-electron chi connectivity index (χ1n) is 10.0. The molecule has 1 fully saturated rings. The van der Waals surface area contributed by atoms with Crippen LogP contribution >= 0.6 is 0 Å². The maximum atomic E-state index is 5.51. The van der Waals surface area contributed by atoms with Gasteiger partial charge in [-0.25, -0.2) is 9.97 Å². The monoisotopic (exact) mass is 378 g/mol. The summed E-state index contributed by atoms with van der Waals surface area (Å²) in [5.74, 6) is 2.08. The molecule has 7 nitrogen and oxygen atoms in total. The van der Waals surface area contributed by atoms with E-state index in [0.717, 1.165) is 73.7 Å². The van der Waals surface area contributed by atoms with Crippen LogP contribution in [-0.2, 0) is 19.4 Å². The SMILES string of the molecule is CN(C)c1ncnc2ccc(N3CCN(Cc4noc5c4CCC5)CC3)cc12. The average Bonchev–Trinajstić information content (AvgIpc) is 3.33. The Bertz CT molecular complexity index is 990. The fourth-order valence-electron chi connectivity index (χ4n) is 4.37. The van der Waals surface area contributed by atoms with Crippen LogP contribution in [0.2, 0.25) is 0 Å². The van der Waals surface area contributed by atoms with Gasteiger partial charge in [0.15, 0.2) is 0 Å². The van der Waals surface area contributed by atoms with Crippen molar-refractivity contribution in [2.24, 2.45) is 0 Å². The highest BCUT2D eigenvalue weighted by atomic mass is 16.5. The fraction of sp³-hybridized carbons (Fsp3) is 0.476. The number of rotatable bonds is 4. The molecule has 2 aliphatic rings. The zero-order chi connectivity index (χ0) is 19.1. The molecule has 1 aliphatic heterocycles. The number of nitrogens with zero attached hydrogens (tertiary/aromatic N) is 6. The molecule has 0 spiro atoms. The Morgan fingerprint density at radius 2 is 1.93 bits per heavy atom. The number of anilines is 2. The predicted molar refractivity (Wildman–Crippen MR) is 110 cm³/mol. The van der Waals surface area contributed by atoms with Crippen molar-refractivity contribution in [3.8, 4) is 0 Å². The molecule has 3 heterocycles. The predicted octanol–water partition coefficient (Wildman–Crippen LogP) is 2.49. The Kier molecular flexibility index (Phi) is 4.39. The van der Waals surface area contributed by atoms with Crippen LogP contribution in [-0.4, -0.2) is 60.3 Å². The number of hydrogen-bond acceptors (Lipinski definition) is 7. The minimum absolute atomic E-state index is 0.906. The molecule has 28 heavy (non-hydrogen) atoms. The lowest BCUT2D eigenvalue weighted by Gasteiger charge is -2.36. The van der Waals surface area contributed by atoms with Gasteiger partial charge in [0, 0.05) is 69.9 Å². The molecule has 0 bridgehead atoms. The lowest BCUT2D eigenvalue weighted by Crippen LogP contribution is -2.46. The summed E-state index contributed by atoms with van der Waals surface area (Å²) in [5, 5.41) is 5.42. The topological polar surface area (TPSA) is 61.5 Å². The van der Waals surface area contributed by atoms with Gasteiger partial charge in [0.1, 0.15) is 23.6 Å². The number of hydrogen-bond donors (Lipinski definition) is 0. The molecule has 1 aromatic carbocycles. The maximum absolute atomic E-state index is 5.51. The smallest absolute Gasteiger partial charge is 0.140 e. The maximum Gasteiger partial charge on any atom is 0.140 e.